The van der Waals surface area contributed by atoms with E-state index in [-0.39, 0.29) is 10.6 Å². The van der Waals surface area contributed by atoms with Gasteiger partial charge in [-0.15, -0.1) is 15.3 Å². The van der Waals surface area contributed by atoms with Crippen LogP contribution in [0.5, 0.6) is 0 Å². The summed E-state index contributed by atoms with van der Waals surface area (Å²) in [5.74, 6) is -0.369. The maximum absolute atomic E-state index is 12.5. The normalized spacial score (nSPS) is 14.6. The second-order valence-corrected chi connectivity index (χ2v) is 6.88. The molecule has 1 fully saturated rings. The molecule has 1 aliphatic heterocycles. The van der Waals surface area contributed by atoms with Gasteiger partial charge in [-0.05, 0) is 30.3 Å². The highest BCUT2D eigenvalue weighted by Gasteiger charge is 2.27. The molecule has 8 nitrogen and oxygen atoms in total. The van der Waals surface area contributed by atoms with Crippen LogP contribution in [0.4, 0.5) is 5.82 Å². The first-order valence-corrected chi connectivity index (χ1v) is 8.99. The molecule has 1 saturated heterocycles. The number of carbonyl (C=O) groups excluding carboxylic acids is 2. The monoisotopic (exact) mass is 404 g/mol. The van der Waals surface area contributed by atoms with Gasteiger partial charge in [-0.1, -0.05) is 23.2 Å². The molecule has 0 spiro atoms. The van der Waals surface area contributed by atoms with Gasteiger partial charge >= 0.3 is 0 Å². The molecule has 0 bridgehead atoms. The third-order valence-electron chi connectivity index (χ3n) is 4.41. The van der Waals surface area contributed by atoms with Crippen LogP contribution in [0.2, 0.25) is 10.0 Å². The van der Waals surface area contributed by atoms with Crippen LogP contribution >= 0.6 is 23.2 Å². The third-order valence-corrected chi connectivity index (χ3v) is 5.15. The molecule has 1 amide bonds. The van der Waals surface area contributed by atoms with Crippen molar-refractivity contribution < 1.29 is 9.59 Å². The zero-order valence-electron chi connectivity index (χ0n) is 14.0. The number of rotatable bonds is 3. The van der Waals surface area contributed by atoms with E-state index in [0.717, 1.165) is 5.82 Å². The van der Waals surface area contributed by atoms with Crippen molar-refractivity contribution >= 4 is 46.4 Å². The molecule has 0 aliphatic carbocycles. The Labute approximate surface area is 164 Å². The molecule has 10 heteroatoms. The molecule has 0 radical (unpaired) electrons. The first-order chi connectivity index (χ1) is 13.0. The molecule has 138 valence electrons. The van der Waals surface area contributed by atoms with Gasteiger partial charge in [0.2, 0.25) is 5.78 Å². The number of Topliss-reactive ketones (excluding diaryl/α,β-unsaturated/α-hetero) is 1. The van der Waals surface area contributed by atoms with E-state index in [1.807, 2.05) is 17.0 Å². The summed E-state index contributed by atoms with van der Waals surface area (Å²) in [7, 11) is 0. The van der Waals surface area contributed by atoms with Gasteiger partial charge in [-0.25, -0.2) is 0 Å². The van der Waals surface area contributed by atoms with Crippen LogP contribution in [-0.4, -0.2) is 62.6 Å². The topological polar surface area (TPSA) is 83.7 Å². The van der Waals surface area contributed by atoms with Crippen LogP contribution in [0.15, 0.2) is 36.7 Å². The minimum absolute atomic E-state index is 0.233. The summed E-state index contributed by atoms with van der Waals surface area (Å²) in [5, 5.41) is 12.8. The van der Waals surface area contributed by atoms with E-state index in [1.165, 1.54) is 24.5 Å². The summed E-state index contributed by atoms with van der Waals surface area (Å²) in [6.45, 7) is 1.99. The lowest BCUT2D eigenvalue weighted by atomic mass is 10.1. The largest absolute Gasteiger partial charge is 0.352 e. The third kappa shape index (κ3) is 3.45. The van der Waals surface area contributed by atoms with Crippen LogP contribution in [0.25, 0.3) is 5.65 Å². The number of nitrogens with zero attached hydrogens (tertiary/aromatic N) is 6. The van der Waals surface area contributed by atoms with E-state index < -0.39 is 11.7 Å². The number of anilines is 1. The number of hydrogen-bond acceptors (Lipinski definition) is 6. The second-order valence-electron chi connectivity index (χ2n) is 6.06. The van der Waals surface area contributed by atoms with E-state index in [4.69, 9.17) is 23.2 Å². The average molecular weight is 405 g/mol. The number of piperazine rings is 1. The van der Waals surface area contributed by atoms with Crippen LogP contribution in [0, 0.1) is 0 Å². The average Bonchev–Trinajstić information content (AvgIpc) is 3.17. The van der Waals surface area contributed by atoms with Gasteiger partial charge in [0.05, 0.1) is 10.0 Å². The predicted octanol–water partition coefficient (Wildman–Crippen LogP) is 1.96. The Balaban J connectivity index is 1.42. The summed E-state index contributed by atoms with van der Waals surface area (Å²) in [6.07, 6.45) is 1.54. The molecular formula is C17H14Cl2N6O2. The summed E-state index contributed by atoms with van der Waals surface area (Å²) >= 11 is 11.8. The van der Waals surface area contributed by atoms with Gasteiger partial charge in [0.25, 0.3) is 5.91 Å². The van der Waals surface area contributed by atoms with Crippen LogP contribution in [0.3, 0.4) is 0 Å². The van der Waals surface area contributed by atoms with Gasteiger partial charge in [-0.2, -0.15) is 4.52 Å². The Morgan fingerprint density at radius 3 is 2.48 bits per heavy atom. The molecule has 0 N–H and O–H groups in total. The van der Waals surface area contributed by atoms with Gasteiger partial charge in [0.15, 0.2) is 5.65 Å². The van der Waals surface area contributed by atoms with Crippen molar-refractivity contribution in [3.63, 3.8) is 0 Å². The van der Waals surface area contributed by atoms with Crippen molar-refractivity contribution in [1.82, 2.24) is 24.7 Å². The van der Waals surface area contributed by atoms with E-state index in [2.05, 4.69) is 15.3 Å². The highest BCUT2D eigenvalue weighted by molar-refractivity contribution is 6.45. The maximum atomic E-state index is 12.5. The molecule has 4 rings (SSSR count). The number of halogens is 2. The highest BCUT2D eigenvalue weighted by Crippen LogP contribution is 2.23. The van der Waals surface area contributed by atoms with Crippen molar-refractivity contribution in [2.75, 3.05) is 31.1 Å². The van der Waals surface area contributed by atoms with Crippen LogP contribution < -0.4 is 4.90 Å². The Hall–Kier alpha value is -2.71. The summed E-state index contributed by atoms with van der Waals surface area (Å²) in [5.41, 5.74) is 0.899. The number of aromatic nitrogens is 4. The number of fused-ring (bicyclic) bond motifs is 1. The summed E-state index contributed by atoms with van der Waals surface area (Å²) in [4.78, 5) is 28.6. The zero-order chi connectivity index (χ0) is 19.0. The summed E-state index contributed by atoms with van der Waals surface area (Å²) in [6, 6.07) is 8.12. The lowest BCUT2D eigenvalue weighted by Crippen LogP contribution is -2.51. The first kappa shape index (κ1) is 17.7. The molecule has 0 atom stereocenters. The predicted molar refractivity (Wildman–Crippen MR) is 100 cm³/mol. The number of ketones is 1. The number of carbonyl (C=O) groups is 2. The fourth-order valence-corrected chi connectivity index (χ4v) is 3.23. The number of benzene rings is 1. The van der Waals surface area contributed by atoms with Gasteiger partial charge in [0.1, 0.15) is 12.1 Å². The summed E-state index contributed by atoms with van der Waals surface area (Å²) < 4.78 is 1.60. The molecule has 27 heavy (non-hydrogen) atoms. The van der Waals surface area contributed by atoms with Crippen molar-refractivity contribution in [2.45, 2.75) is 0 Å². The highest BCUT2D eigenvalue weighted by atomic mass is 35.5. The Morgan fingerprint density at radius 1 is 0.963 bits per heavy atom. The molecule has 2 aromatic heterocycles. The molecule has 1 aromatic carbocycles. The maximum Gasteiger partial charge on any atom is 0.295 e. The van der Waals surface area contributed by atoms with Gasteiger partial charge in [-0.3, -0.25) is 9.59 Å². The molecule has 0 saturated carbocycles. The lowest BCUT2D eigenvalue weighted by molar-refractivity contribution is -0.126. The Morgan fingerprint density at radius 2 is 1.74 bits per heavy atom. The Kier molecular flexibility index (Phi) is 4.67. The lowest BCUT2D eigenvalue weighted by Gasteiger charge is -2.34. The van der Waals surface area contributed by atoms with E-state index in [9.17, 15) is 9.59 Å². The standard InChI is InChI=1S/C17H14Cl2N6O2/c18-12-2-1-11(9-13(12)19)16(26)17(27)24-7-5-23(6-8-24)15-4-3-14-21-20-10-25(14)22-15/h1-4,9-10H,5-8H2. The first-order valence-electron chi connectivity index (χ1n) is 8.23. The molecule has 1 aliphatic rings. The fraction of sp³-hybridized carbons (Fsp3) is 0.235. The minimum Gasteiger partial charge on any atom is -0.352 e. The van der Waals surface area contributed by atoms with E-state index in [0.29, 0.717) is 36.8 Å². The number of hydrogen-bond donors (Lipinski definition) is 0. The zero-order valence-corrected chi connectivity index (χ0v) is 15.6. The smallest absolute Gasteiger partial charge is 0.295 e. The molecule has 3 aromatic rings. The van der Waals surface area contributed by atoms with Gasteiger partial charge < -0.3 is 9.80 Å². The molecular weight excluding hydrogens is 391 g/mol. The SMILES string of the molecule is O=C(C(=O)N1CCN(c2ccc3nncn3n2)CC1)c1ccc(Cl)c(Cl)c1. The Bertz CT molecular complexity index is 1030. The minimum atomic E-state index is -0.592. The van der Waals surface area contributed by atoms with E-state index in [1.54, 1.807) is 9.42 Å². The van der Waals surface area contributed by atoms with Crippen molar-refractivity contribution in [3.8, 4) is 0 Å². The second kappa shape index (κ2) is 7.13. The number of amides is 1. The molecule has 3 heterocycles. The van der Waals surface area contributed by atoms with E-state index >= 15 is 0 Å². The molecule has 0 unspecified atom stereocenters. The van der Waals surface area contributed by atoms with Crippen molar-refractivity contribution in [3.05, 3.63) is 52.3 Å². The van der Waals surface area contributed by atoms with Crippen LogP contribution in [0.1, 0.15) is 10.4 Å². The van der Waals surface area contributed by atoms with Crippen molar-refractivity contribution in [2.24, 2.45) is 0 Å². The van der Waals surface area contributed by atoms with Crippen LogP contribution in [-0.2, 0) is 4.79 Å². The quantitative estimate of drug-likeness (QED) is 0.490. The fourth-order valence-electron chi connectivity index (χ4n) is 2.93. The van der Waals surface area contributed by atoms with Crippen molar-refractivity contribution in [1.29, 1.82) is 0 Å². The van der Waals surface area contributed by atoms with Gasteiger partial charge in [0, 0.05) is 31.7 Å².